The summed E-state index contributed by atoms with van der Waals surface area (Å²) in [5.74, 6) is 0.384. The van der Waals surface area contributed by atoms with Gasteiger partial charge in [-0.2, -0.15) is 0 Å². The highest BCUT2D eigenvalue weighted by molar-refractivity contribution is 6.08. The van der Waals surface area contributed by atoms with Crippen LogP contribution in [0.4, 0.5) is 11.4 Å². The minimum Gasteiger partial charge on any atom is -0.497 e. The average molecular weight is 373 g/mol. The first kappa shape index (κ1) is 17.7. The molecule has 0 saturated heterocycles. The average Bonchev–Trinajstić information content (AvgIpc) is 3.17. The number of anilines is 2. The molecule has 1 aromatic heterocycles. The zero-order valence-corrected chi connectivity index (χ0v) is 15.4. The van der Waals surface area contributed by atoms with Crippen LogP contribution in [0.2, 0.25) is 0 Å². The van der Waals surface area contributed by atoms with Crippen LogP contribution in [0.25, 0.3) is 0 Å². The van der Waals surface area contributed by atoms with Crippen molar-refractivity contribution in [2.75, 3.05) is 23.9 Å². The number of ether oxygens (including phenoxy) is 1. The van der Waals surface area contributed by atoms with Gasteiger partial charge in [0.2, 0.25) is 0 Å². The van der Waals surface area contributed by atoms with Crippen LogP contribution in [0, 0.1) is 0 Å². The highest BCUT2D eigenvalue weighted by Crippen LogP contribution is 2.32. The minimum absolute atomic E-state index is 0.0921. The fraction of sp³-hybridized carbons (Fsp3) is 0.136. The predicted octanol–water partition coefficient (Wildman–Crippen LogP) is 3.55. The highest BCUT2D eigenvalue weighted by atomic mass is 16.5. The number of fused-ring (bicyclic) bond motifs is 1. The maximum Gasteiger partial charge on any atom is 0.259 e. The van der Waals surface area contributed by atoms with Gasteiger partial charge in [-0.3, -0.25) is 14.6 Å². The number of benzene rings is 2. The Morgan fingerprint density at radius 1 is 1.07 bits per heavy atom. The van der Waals surface area contributed by atoms with Crippen molar-refractivity contribution in [3.8, 4) is 5.75 Å². The molecule has 0 unspecified atom stereocenters. The summed E-state index contributed by atoms with van der Waals surface area (Å²) in [6.45, 7) is 0.610. The van der Waals surface area contributed by atoms with Crippen molar-refractivity contribution < 1.29 is 14.3 Å². The van der Waals surface area contributed by atoms with Crippen LogP contribution >= 0.6 is 0 Å². The molecule has 28 heavy (non-hydrogen) atoms. The summed E-state index contributed by atoms with van der Waals surface area (Å²) >= 11 is 0. The molecular formula is C22H19N3O3. The van der Waals surface area contributed by atoms with Crippen molar-refractivity contribution >= 4 is 23.2 Å². The zero-order chi connectivity index (χ0) is 19.5. The lowest BCUT2D eigenvalue weighted by atomic mass is 10.1. The fourth-order valence-electron chi connectivity index (χ4n) is 3.26. The molecule has 0 aliphatic carbocycles. The van der Waals surface area contributed by atoms with Crippen molar-refractivity contribution in [2.45, 2.75) is 6.42 Å². The van der Waals surface area contributed by atoms with Gasteiger partial charge in [-0.1, -0.05) is 6.07 Å². The van der Waals surface area contributed by atoms with Gasteiger partial charge in [-0.05, 0) is 60.5 Å². The second-order valence-corrected chi connectivity index (χ2v) is 6.47. The maximum atomic E-state index is 12.8. The Kier molecular flexibility index (Phi) is 4.76. The number of nitrogens with one attached hydrogen (secondary N) is 1. The predicted molar refractivity (Wildman–Crippen MR) is 107 cm³/mol. The Morgan fingerprint density at radius 2 is 1.89 bits per heavy atom. The molecule has 0 fully saturated rings. The third-order valence-corrected chi connectivity index (χ3v) is 4.74. The van der Waals surface area contributed by atoms with Gasteiger partial charge in [0.1, 0.15) is 5.75 Å². The van der Waals surface area contributed by atoms with Crippen LogP contribution in [-0.4, -0.2) is 30.5 Å². The van der Waals surface area contributed by atoms with Crippen LogP contribution in [0.5, 0.6) is 5.75 Å². The maximum absolute atomic E-state index is 12.8. The van der Waals surface area contributed by atoms with E-state index in [1.54, 1.807) is 60.8 Å². The van der Waals surface area contributed by atoms with E-state index in [1.165, 1.54) is 0 Å². The first-order chi connectivity index (χ1) is 13.7. The molecule has 2 amide bonds. The summed E-state index contributed by atoms with van der Waals surface area (Å²) < 4.78 is 5.11. The van der Waals surface area contributed by atoms with E-state index < -0.39 is 0 Å². The molecule has 1 aliphatic heterocycles. The topological polar surface area (TPSA) is 71.5 Å². The molecule has 4 rings (SSSR count). The van der Waals surface area contributed by atoms with Crippen LogP contribution in [-0.2, 0) is 6.42 Å². The molecule has 3 aromatic rings. The zero-order valence-electron chi connectivity index (χ0n) is 15.4. The van der Waals surface area contributed by atoms with E-state index in [-0.39, 0.29) is 11.8 Å². The van der Waals surface area contributed by atoms with Crippen LogP contribution in [0.15, 0.2) is 67.0 Å². The minimum atomic E-state index is -0.217. The molecule has 6 heteroatoms. The number of aromatic nitrogens is 1. The number of hydrogen-bond donors (Lipinski definition) is 1. The molecule has 0 bridgehead atoms. The van der Waals surface area contributed by atoms with Crippen molar-refractivity contribution in [1.29, 1.82) is 0 Å². The van der Waals surface area contributed by atoms with Crippen LogP contribution in [0.3, 0.4) is 0 Å². The van der Waals surface area contributed by atoms with Crippen LogP contribution < -0.4 is 15.0 Å². The Labute approximate surface area is 162 Å². The summed E-state index contributed by atoms with van der Waals surface area (Å²) in [5, 5.41) is 2.89. The third kappa shape index (κ3) is 3.44. The van der Waals surface area contributed by atoms with E-state index in [9.17, 15) is 9.59 Å². The summed E-state index contributed by atoms with van der Waals surface area (Å²) in [6, 6.07) is 16.1. The standard InChI is InChI=1S/C22H19N3O3/c1-28-19-8-5-16(6-9-19)21(26)24-18-7-4-15-10-12-25(20(15)13-18)22(27)17-3-2-11-23-14-17/h2-9,11,13-14H,10,12H2,1H3,(H,24,26). The number of hydrogen-bond acceptors (Lipinski definition) is 4. The van der Waals surface area contributed by atoms with E-state index in [1.807, 2.05) is 18.2 Å². The van der Waals surface area contributed by atoms with E-state index >= 15 is 0 Å². The number of carbonyl (C=O) groups excluding carboxylic acids is 2. The second-order valence-electron chi connectivity index (χ2n) is 6.47. The first-order valence-corrected chi connectivity index (χ1v) is 8.96. The Balaban J connectivity index is 1.55. The van der Waals surface area contributed by atoms with E-state index in [0.717, 1.165) is 17.7 Å². The van der Waals surface area contributed by atoms with Crippen molar-refractivity contribution in [3.05, 3.63) is 83.7 Å². The normalized spacial score (nSPS) is 12.4. The van der Waals surface area contributed by atoms with E-state index in [2.05, 4.69) is 10.3 Å². The monoisotopic (exact) mass is 373 g/mol. The van der Waals surface area contributed by atoms with E-state index in [4.69, 9.17) is 4.74 Å². The molecule has 1 aliphatic rings. The quantitative estimate of drug-likeness (QED) is 0.759. The van der Waals surface area contributed by atoms with Gasteiger partial charge in [-0.15, -0.1) is 0 Å². The number of nitrogens with zero attached hydrogens (tertiary/aromatic N) is 2. The number of rotatable bonds is 4. The largest absolute Gasteiger partial charge is 0.497 e. The lowest BCUT2D eigenvalue weighted by Crippen LogP contribution is -2.29. The Morgan fingerprint density at radius 3 is 2.61 bits per heavy atom. The SMILES string of the molecule is COc1ccc(C(=O)Nc2ccc3c(c2)N(C(=O)c2cccnc2)CC3)cc1. The molecule has 0 atom stereocenters. The van der Waals surface area contributed by atoms with Gasteiger partial charge in [0.05, 0.1) is 12.7 Å². The number of carbonyl (C=O) groups is 2. The first-order valence-electron chi connectivity index (χ1n) is 8.96. The van der Waals surface area contributed by atoms with Gasteiger partial charge in [-0.25, -0.2) is 0 Å². The van der Waals surface area contributed by atoms with Crippen LogP contribution in [0.1, 0.15) is 26.3 Å². The number of amides is 2. The Hall–Kier alpha value is -3.67. The molecule has 2 heterocycles. The molecular weight excluding hydrogens is 354 g/mol. The Bertz CT molecular complexity index is 1020. The smallest absolute Gasteiger partial charge is 0.259 e. The summed E-state index contributed by atoms with van der Waals surface area (Å²) in [5.41, 5.74) is 3.62. The van der Waals surface area contributed by atoms with Gasteiger partial charge < -0.3 is 15.0 Å². The molecule has 0 radical (unpaired) electrons. The molecule has 0 saturated carbocycles. The summed E-state index contributed by atoms with van der Waals surface area (Å²) in [7, 11) is 1.58. The van der Waals surface area contributed by atoms with Crippen molar-refractivity contribution in [2.24, 2.45) is 0 Å². The number of methoxy groups -OCH3 is 1. The van der Waals surface area contributed by atoms with E-state index in [0.29, 0.717) is 29.1 Å². The molecule has 140 valence electrons. The molecule has 6 nitrogen and oxygen atoms in total. The van der Waals surface area contributed by atoms with Gasteiger partial charge in [0.15, 0.2) is 0 Å². The summed E-state index contributed by atoms with van der Waals surface area (Å²) in [6.07, 6.45) is 3.99. The molecule has 0 spiro atoms. The van der Waals surface area contributed by atoms with Gasteiger partial charge >= 0.3 is 0 Å². The fourth-order valence-corrected chi connectivity index (χ4v) is 3.26. The second kappa shape index (κ2) is 7.52. The van der Waals surface area contributed by atoms with Crippen molar-refractivity contribution in [3.63, 3.8) is 0 Å². The van der Waals surface area contributed by atoms with Crippen molar-refractivity contribution in [1.82, 2.24) is 4.98 Å². The highest BCUT2D eigenvalue weighted by Gasteiger charge is 2.26. The lowest BCUT2D eigenvalue weighted by Gasteiger charge is -2.18. The van der Waals surface area contributed by atoms with Gasteiger partial charge in [0, 0.05) is 35.9 Å². The summed E-state index contributed by atoms with van der Waals surface area (Å²) in [4.78, 5) is 31.1. The molecule has 2 aromatic carbocycles. The number of pyridine rings is 1. The lowest BCUT2D eigenvalue weighted by molar-refractivity contribution is 0.0987. The van der Waals surface area contributed by atoms with Gasteiger partial charge in [0.25, 0.3) is 11.8 Å². The molecule has 1 N–H and O–H groups in total. The third-order valence-electron chi connectivity index (χ3n) is 4.74.